The first-order valence-corrected chi connectivity index (χ1v) is 7.05. The van der Waals surface area contributed by atoms with Crippen LogP contribution in [0.25, 0.3) is 0 Å². The lowest BCUT2D eigenvalue weighted by atomic mass is 10.1. The number of ether oxygens (including phenoxy) is 1. The Hall–Kier alpha value is -0.670. The van der Waals surface area contributed by atoms with Gasteiger partial charge in [0.1, 0.15) is 5.75 Å². The molecule has 16 heavy (non-hydrogen) atoms. The summed E-state index contributed by atoms with van der Waals surface area (Å²) in [6.45, 7) is 2.16. The van der Waals surface area contributed by atoms with Crippen LogP contribution in [-0.2, 0) is 0 Å². The van der Waals surface area contributed by atoms with Gasteiger partial charge in [0, 0.05) is 11.8 Å². The van der Waals surface area contributed by atoms with E-state index in [-0.39, 0.29) is 6.04 Å². The average Bonchev–Trinajstić information content (AvgIpc) is 3.10. The molecule has 0 aromatic heterocycles. The van der Waals surface area contributed by atoms with Crippen LogP contribution in [-0.4, -0.2) is 17.6 Å². The van der Waals surface area contributed by atoms with Gasteiger partial charge in [0.15, 0.2) is 0 Å². The van der Waals surface area contributed by atoms with Gasteiger partial charge in [-0.3, -0.25) is 0 Å². The monoisotopic (exact) mass is 237 g/mol. The van der Waals surface area contributed by atoms with Gasteiger partial charge in [0.25, 0.3) is 0 Å². The Kier molecular flexibility index (Phi) is 4.13. The van der Waals surface area contributed by atoms with Crippen LogP contribution in [0.1, 0.15) is 31.4 Å². The van der Waals surface area contributed by atoms with Gasteiger partial charge in [-0.1, -0.05) is 19.1 Å². The predicted molar refractivity (Wildman–Crippen MR) is 70.0 cm³/mol. The van der Waals surface area contributed by atoms with E-state index >= 15 is 0 Å². The fourth-order valence-corrected chi connectivity index (χ4v) is 2.22. The first-order valence-electron chi connectivity index (χ1n) is 5.89. The summed E-state index contributed by atoms with van der Waals surface area (Å²) in [5.41, 5.74) is 7.30. The second-order valence-corrected chi connectivity index (χ2v) is 5.47. The number of benzene rings is 1. The second kappa shape index (κ2) is 5.60. The van der Waals surface area contributed by atoms with Crippen LogP contribution in [0.4, 0.5) is 0 Å². The average molecular weight is 237 g/mol. The predicted octanol–water partition coefficient (Wildman–Crippen LogP) is 2.98. The van der Waals surface area contributed by atoms with Crippen LogP contribution in [0.5, 0.6) is 5.75 Å². The molecule has 1 aromatic carbocycles. The summed E-state index contributed by atoms with van der Waals surface area (Å²) in [4.78, 5) is 0. The van der Waals surface area contributed by atoms with Crippen molar-refractivity contribution in [2.75, 3.05) is 11.5 Å². The molecule has 1 atom stereocenters. The number of hydrogen-bond acceptors (Lipinski definition) is 3. The van der Waals surface area contributed by atoms with Gasteiger partial charge in [-0.25, -0.2) is 0 Å². The topological polar surface area (TPSA) is 35.2 Å². The SMILES string of the molecule is CCSCC(N)c1cccc(OC2CC2)c1. The van der Waals surface area contributed by atoms with Crippen LogP contribution in [0, 0.1) is 0 Å². The maximum Gasteiger partial charge on any atom is 0.120 e. The molecule has 1 unspecified atom stereocenters. The molecule has 0 radical (unpaired) electrons. The smallest absolute Gasteiger partial charge is 0.120 e. The van der Waals surface area contributed by atoms with Crippen LogP contribution in [0.3, 0.4) is 0 Å². The van der Waals surface area contributed by atoms with Gasteiger partial charge in [0.2, 0.25) is 0 Å². The molecule has 0 heterocycles. The third-order valence-electron chi connectivity index (χ3n) is 2.61. The van der Waals surface area contributed by atoms with E-state index in [1.54, 1.807) is 0 Å². The van der Waals surface area contributed by atoms with Gasteiger partial charge in [0.05, 0.1) is 6.10 Å². The molecule has 1 aromatic rings. The Labute approximate surface area is 102 Å². The first kappa shape index (κ1) is 11.8. The Morgan fingerprint density at radius 2 is 2.31 bits per heavy atom. The summed E-state index contributed by atoms with van der Waals surface area (Å²) in [6, 6.07) is 8.33. The fraction of sp³-hybridized carbons (Fsp3) is 0.538. The molecule has 0 spiro atoms. The molecule has 1 saturated carbocycles. The van der Waals surface area contributed by atoms with E-state index < -0.39 is 0 Å². The molecule has 0 amide bonds. The highest BCUT2D eigenvalue weighted by atomic mass is 32.2. The lowest BCUT2D eigenvalue weighted by Crippen LogP contribution is -2.13. The van der Waals surface area contributed by atoms with E-state index in [4.69, 9.17) is 10.5 Å². The molecule has 2 N–H and O–H groups in total. The van der Waals surface area contributed by atoms with Crippen molar-refractivity contribution in [3.8, 4) is 5.75 Å². The lowest BCUT2D eigenvalue weighted by molar-refractivity contribution is 0.303. The molecule has 2 rings (SSSR count). The second-order valence-electron chi connectivity index (χ2n) is 4.16. The minimum Gasteiger partial charge on any atom is -0.490 e. The maximum atomic E-state index is 6.12. The van der Waals surface area contributed by atoms with Crippen LogP contribution >= 0.6 is 11.8 Å². The molecule has 0 aliphatic heterocycles. The van der Waals surface area contributed by atoms with Crippen LogP contribution in [0.15, 0.2) is 24.3 Å². The molecule has 1 aliphatic carbocycles. The summed E-state index contributed by atoms with van der Waals surface area (Å²) in [5, 5.41) is 0. The number of thioether (sulfide) groups is 1. The van der Waals surface area contributed by atoms with Crippen molar-refractivity contribution in [1.29, 1.82) is 0 Å². The van der Waals surface area contributed by atoms with E-state index in [0.29, 0.717) is 6.10 Å². The van der Waals surface area contributed by atoms with E-state index in [9.17, 15) is 0 Å². The molecule has 1 aliphatic rings. The largest absolute Gasteiger partial charge is 0.490 e. The minimum absolute atomic E-state index is 0.118. The lowest BCUT2D eigenvalue weighted by Gasteiger charge is -2.13. The molecule has 2 nitrogen and oxygen atoms in total. The standard InChI is InChI=1S/C13H19NOS/c1-2-16-9-13(14)10-4-3-5-12(8-10)15-11-6-7-11/h3-5,8,11,13H,2,6-7,9,14H2,1H3. The summed E-state index contributed by atoms with van der Waals surface area (Å²) in [7, 11) is 0. The van der Waals surface area contributed by atoms with Crippen LogP contribution < -0.4 is 10.5 Å². The Balaban J connectivity index is 1.96. The third-order valence-corrected chi connectivity index (χ3v) is 3.62. The van der Waals surface area contributed by atoms with Crippen molar-refractivity contribution < 1.29 is 4.74 Å². The van der Waals surface area contributed by atoms with E-state index in [1.807, 2.05) is 23.9 Å². The zero-order valence-corrected chi connectivity index (χ0v) is 10.5. The third kappa shape index (κ3) is 3.42. The van der Waals surface area contributed by atoms with Crippen molar-refractivity contribution in [3.05, 3.63) is 29.8 Å². The van der Waals surface area contributed by atoms with Gasteiger partial charge in [-0.15, -0.1) is 0 Å². The number of nitrogens with two attached hydrogens (primary N) is 1. The zero-order chi connectivity index (χ0) is 11.4. The number of rotatable bonds is 6. The fourth-order valence-electron chi connectivity index (χ4n) is 1.54. The Morgan fingerprint density at radius 1 is 1.50 bits per heavy atom. The highest BCUT2D eigenvalue weighted by Crippen LogP contribution is 2.28. The quantitative estimate of drug-likeness (QED) is 0.826. The van der Waals surface area contributed by atoms with Crippen molar-refractivity contribution >= 4 is 11.8 Å². The van der Waals surface area contributed by atoms with E-state index in [0.717, 1.165) is 17.3 Å². The van der Waals surface area contributed by atoms with Gasteiger partial charge < -0.3 is 10.5 Å². The highest BCUT2D eigenvalue weighted by molar-refractivity contribution is 7.99. The molecule has 3 heteroatoms. The van der Waals surface area contributed by atoms with Gasteiger partial charge >= 0.3 is 0 Å². The summed E-state index contributed by atoms with van der Waals surface area (Å²) >= 11 is 1.88. The van der Waals surface area contributed by atoms with Crippen LogP contribution in [0.2, 0.25) is 0 Å². The molecule has 88 valence electrons. The normalized spacial score (nSPS) is 17.1. The molecular formula is C13H19NOS. The minimum atomic E-state index is 0.118. The van der Waals surface area contributed by atoms with Crippen molar-refractivity contribution in [1.82, 2.24) is 0 Å². The van der Waals surface area contributed by atoms with Crippen molar-refractivity contribution in [2.45, 2.75) is 31.9 Å². The Bertz CT molecular complexity index is 338. The molecule has 1 fully saturated rings. The zero-order valence-electron chi connectivity index (χ0n) is 9.69. The van der Waals surface area contributed by atoms with Gasteiger partial charge in [-0.2, -0.15) is 11.8 Å². The summed E-state index contributed by atoms with van der Waals surface area (Å²) in [5.74, 6) is 3.06. The van der Waals surface area contributed by atoms with E-state index in [1.165, 1.54) is 18.4 Å². The van der Waals surface area contributed by atoms with Crippen molar-refractivity contribution in [2.24, 2.45) is 5.73 Å². The molecule has 0 bridgehead atoms. The summed E-state index contributed by atoms with van der Waals surface area (Å²) in [6.07, 6.45) is 2.85. The molecular weight excluding hydrogens is 218 g/mol. The number of hydrogen-bond donors (Lipinski definition) is 1. The maximum absolute atomic E-state index is 6.12. The van der Waals surface area contributed by atoms with Gasteiger partial charge in [-0.05, 0) is 36.3 Å². The Morgan fingerprint density at radius 3 is 3.00 bits per heavy atom. The van der Waals surface area contributed by atoms with Crippen molar-refractivity contribution in [3.63, 3.8) is 0 Å². The van der Waals surface area contributed by atoms with E-state index in [2.05, 4.69) is 19.1 Å². The highest BCUT2D eigenvalue weighted by Gasteiger charge is 2.23. The first-order chi connectivity index (χ1) is 7.79. The summed E-state index contributed by atoms with van der Waals surface area (Å²) < 4.78 is 5.76. The molecule has 0 saturated heterocycles.